The van der Waals surface area contributed by atoms with Gasteiger partial charge in [-0.2, -0.15) is 0 Å². The number of hydrogen-bond donors (Lipinski definition) is 2. The van der Waals surface area contributed by atoms with Crippen LogP contribution in [0.1, 0.15) is 22.4 Å². The second-order valence-electron chi connectivity index (χ2n) is 4.27. The first-order valence-corrected chi connectivity index (χ1v) is 7.03. The van der Waals surface area contributed by atoms with E-state index in [4.69, 9.17) is 5.73 Å². The van der Waals surface area contributed by atoms with Crippen molar-refractivity contribution in [2.45, 2.75) is 26.3 Å². The summed E-state index contributed by atoms with van der Waals surface area (Å²) >= 11 is 1.73. The molecule has 1 heterocycles. The van der Waals surface area contributed by atoms with E-state index >= 15 is 0 Å². The van der Waals surface area contributed by atoms with Gasteiger partial charge in [0.2, 0.25) is 5.91 Å². The summed E-state index contributed by atoms with van der Waals surface area (Å²) in [7, 11) is 0. The topological polar surface area (TPSA) is 68.0 Å². The van der Waals surface area contributed by atoms with Gasteiger partial charge in [0.1, 0.15) is 0 Å². The number of benzene rings is 1. The number of nitrogens with one attached hydrogen (secondary N) is 1. The molecule has 0 aliphatic carbocycles. The lowest BCUT2D eigenvalue weighted by Gasteiger charge is -2.05. The molecule has 0 fully saturated rings. The highest BCUT2D eigenvalue weighted by Gasteiger charge is 2.01. The van der Waals surface area contributed by atoms with Crippen LogP contribution in [0.3, 0.4) is 0 Å². The Balaban J connectivity index is 1.90. The molecule has 0 radical (unpaired) electrons. The third-order valence-corrected chi connectivity index (χ3v) is 3.84. The summed E-state index contributed by atoms with van der Waals surface area (Å²) in [5, 5.41) is 4.49. The molecule has 0 spiro atoms. The van der Waals surface area contributed by atoms with Crippen LogP contribution >= 0.6 is 11.3 Å². The zero-order chi connectivity index (χ0) is 13.7. The Morgan fingerprint density at radius 3 is 2.68 bits per heavy atom. The van der Waals surface area contributed by atoms with E-state index in [1.165, 1.54) is 4.88 Å². The van der Waals surface area contributed by atoms with Crippen LogP contribution in [0.25, 0.3) is 0 Å². The molecule has 1 aromatic carbocycles. The van der Waals surface area contributed by atoms with E-state index < -0.39 is 0 Å². The van der Waals surface area contributed by atoms with Gasteiger partial charge in [0.25, 0.3) is 0 Å². The Bertz CT molecular complexity index is 548. The van der Waals surface area contributed by atoms with Gasteiger partial charge in [0, 0.05) is 16.8 Å². The smallest absolute Gasteiger partial charge is 0.221 e. The molecule has 4 nitrogen and oxygen atoms in total. The molecule has 0 aliphatic rings. The molecule has 0 bridgehead atoms. The Labute approximate surface area is 116 Å². The summed E-state index contributed by atoms with van der Waals surface area (Å²) in [4.78, 5) is 16.3. The van der Waals surface area contributed by atoms with Crippen molar-refractivity contribution in [3.05, 3.63) is 45.9 Å². The van der Waals surface area contributed by atoms with Gasteiger partial charge >= 0.3 is 0 Å². The Morgan fingerprint density at radius 1 is 1.37 bits per heavy atom. The first-order chi connectivity index (χ1) is 9.17. The number of thiazole rings is 1. The first kappa shape index (κ1) is 13.5. The van der Waals surface area contributed by atoms with Crippen LogP contribution in [-0.2, 0) is 24.2 Å². The monoisotopic (exact) mass is 275 g/mol. The molecular weight excluding hydrogens is 258 g/mol. The molecule has 1 aromatic heterocycles. The molecule has 2 rings (SSSR count). The number of amides is 1. The highest BCUT2D eigenvalue weighted by atomic mass is 32.1. The summed E-state index contributed by atoms with van der Waals surface area (Å²) in [6, 6.07) is 7.74. The summed E-state index contributed by atoms with van der Waals surface area (Å²) in [6.07, 6.45) is 3.18. The minimum atomic E-state index is -0.308. The highest BCUT2D eigenvalue weighted by Crippen LogP contribution is 2.16. The van der Waals surface area contributed by atoms with Crippen molar-refractivity contribution in [3.63, 3.8) is 0 Å². The largest absolute Gasteiger partial charge is 0.380 e. The van der Waals surface area contributed by atoms with Gasteiger partial charge in [0.05, 0.1) is 18.0 Å². The predicted octanol–water partition coefficient (Wildman–Crippen LogP) is 2.35. The van der Waals surface area contributed by atoms with Gasteiger partial charge in [0.15, 0.2) is 0 Å². The van der Waals surface area contributed by atoms with Crippen LogP contribution in [0, 0.1) is 0 Å². The maximum absolute atomic E-state index is 10.8. The van der Waals surface area contributed by atoms with Crippen molar-refractivity contribution in [2.24, 2.45) is 5.73 Å². The summed E-state index contributed by atoms with van der Waals surface area (Å²) in [5.41, 5.74) is 7.11. The second kappa shape index (κ2) is 6.33. The average Bonchev–Trinajstić information content (AvgIpc) is 2.85. The molecule has 0 unspecified atom stereocenters. The van der Waals surface area contributed by atoms with Crippen LogP contribution < -0.4 is 11.1 Å². The first-order valence-electron chi connectivity index (χ1n) is 6.22. The maximum atomic E-state index is 10.8. The number of carbonyl (C=O) groups excluding carboxylic acids is 1. The fourth-order valence-corrected chi connectivity index (χ4v) is 2.53. The number of nitrogens with zero attached hydrogens (tertiary/aromatic N) is 1. The number of aromatic nitrogens is 1. The van der Waals surface area contributed by atoms with E-state index in [0.717, 1.165) is 29.2 Å². The molecule has 3 N–H and O–H groups in total. The molecule has 2 aromatic rings. The van der Waals surface area contributed by atoms with Gasteiger partial charge in [-0.25, -0.2) is 4.98 Å². The molecule has 19 heavy (non-hydrogen) atoms. The van der Waals surface area contributed by atoms with Gasteiger partial charge in [-0.3, -0.25) is 4.79 Å². The summed E-state index contributed by atoms with van der Waals surface area (Å²) in [5.74, 6) is -0.308. The van der Waals surface area contributed by atoms with Crippen molar-refractivity contribution >= 4 is 22.9 Å². The maximum Gasteiger partial charge on any atom is 0.221 e. The number of primary amides is 1. The third-order valence-electron chi connectivity index (χ3n) is 2.70. The lowest BCUT2D eigenvalue weighted by atomic mass is 10.1. The molecule has 0 saturated carbocycles. The molecular formula is C14H17N3OS. The number of carbonyl (C=O) groups is 1. The summed E-state index contributed by atoms with van der Waals surface area (Å²) < 4.78 is 0. The third kappa shape index (κ3) is 4.06. The van der Waals surface area contributed by atoms with Crippen LogP contribution in [0.5, 0.6) is 0 Å². The number of aryl methyl sites for hydroxylation is 1. The molecule has 5 heteroatoms. The van der Waals surface area contributed by atoms with Crippen molar-refractivity contribution in [3.8, 4) is 0 Å². The van der Waals surface area contributed by atoms with E-state index in [0.29, 0.717) is 0 Å². The van der Waals surface area contributed by atoms with E-state index in [9.17, 15) is 4.79 Å². The minimum Gasteiger partial charge on any atom is -0.380 e. The van der Waals surface area contributed by atoms with Crippen molar-refractivity contribution in [1.82, 2.24) is 4.98 Å². The minimum absolute atomic E-state index is 0.287. The Kier molecular flexibility index (Phi) is 4.52. The molecule has 0 saturated heterocycles. The highest BCUT2D eigenvalue weighted by molar-refractivity contribution is 7.11. The predicted molar refractivity (Wildman–Crippen MR) is 78.2 cm³/mol. The summed E-state index contributed by atoms with van der Waals surface area (Å²) in [6.45, 7) is 2.88. The Morgan fingerprint density at radius 2 is 2.11 bits per heavy atom. The van der Waals surface area contributed by atoms with Crippen molar-refractivity contribution < 1.29 is 4.79 Å². The van der Waals surface area contributed by atoms with Crippen LogP contribution in [0.2, 0.25) is 0 Å². The lowest BCUT2D eigenvalue weighted by Crippen LogP contribution is -2.13. The van der Waals surface area contributed by atoms with E-state index in [1.807, 2.05) is 30.5 Å². The average molecular weight is 275 g/mol. The van der Waals surface area contributed by atoms with Gasteiger partial charge in [-0.15, -0.1) is 11.3 Å². The standard InChI is InChI=1S/C14H17N3OS/c1-2-14-17-9-12(19-14)8-16-11-5-3-10(4-6-11)7-13(15)18/h3-6,9,16H,2,7-8H2,1H3,(H2,15,18). The zero-order valence-corrected chi connectivity index (χ0v) is 11.7. The number of hydrogen-bond acceptors (Lipinski definition) is 4. The number of nitrogens with two attached hydrogens (primary N) is 1. The second-order valence-corrected chi connectivity index (χ2v) is 5.47. The quantitative estimate of drug-likeness (QED) is 0.850. The van der Waals surface area contributed by atoms with E-state index in [1.54, 1.807) is 11.3 Å². The van der Waals surface area contributed by atoms with Crippen molar-refractivity contribution in [2.75, 3.05) is 5.32 Å². The lowest BCUT2D eigenvalue weighted by molar-refractivity contribution is -0.117. The van der Waals surface area contributed by atoms with Gasteiger partial charge < -0.3 is 11.1 Å². The van der Waals surface area contributed by atoms with E-state index in [-0.39, 0.29) is 12.3 Å². The normalized spacial score (nSPS) is 10.4. The fraction of sp³-hybridized carbons (Fsp3) is 0.286. The number of anilines is 1. The molecule has 0 aliphatic heterocycles. The van der Waals surface area contributed by atoms with Gasteiger partial charge in [-0.1, -0.05) is 19.1 Å². The molecule has 1 amide bonds. The Hall–Kier alpha value is -1.88. The zero-order valence-electron chi connectivity index (χ0n) is 10.8. The molecule has 100 valence electrons. The van der Waals surface area contributed by atoms with Crippen LogP contribution in [-0.4, -0.2) is 10.9 Å². The van der Waals surface area contributed by atoms with Gasteiger partial charge in [-0.05, 0) is 24.1 Å². The van der Waals surface area contributed by atoms with Crippen LogP contribution in [0.15, 0.2) is 30.5 Å². The molecule has 0 atom stereocenters. The SMILES string of the molecule is CCc1ncc(CNc2ccc(CC(N)=O)cc2)s1. The van der Waals surface area contributed by atoms with Crippen molar-refractivity contribution in [1.29, 1.82) is 0 Å². The fourth-order valence-electron chi connectivity index (χ4n) is 1.72. The van der Waals surface area contributed by atoms with Crippen LogP contribution in [0.4, 0.5) is 5.69 Å². The van der Waals surface area contributed by atoms with E-state index in [2.05, 4.69) is 17.2 Å². The number of rotatable bonds is 6.